The van der Waals surface area contributed by atoms with Crippen LogP contribution in [0.15, 0.2) is 22.7 Å². The van der Waals surface area contributed by atoms with Crippen LogP contribution in [0.25, 0.3) is 0 Å². The van der Waals surface area contributed by atoms with E-state index >= 15 is 0 Å². The van der Waals surface area contributed by atoms with Gasteiger partial charge < -0.3 is 9.47 Å². The quantitative estimate of drug-likeness (QED) is 0.725. The smallest absolute Gasteiger partial charge is 0.389 e. The van der Waals surface area contributed by atoms with Crippen molar-refractivity contribution in [3.63, 3.8) is 0 Å². The molecule has 0 radical (unpaired) electrons. The molecule has 6 heteroatoms. The van der Waals surface area contributed by atoms with Gasteiger partial charge in [0.2, 0.25) is 0 Å². The number of rotatable bonds is 6. The highest BCUT2D eigenvalue weighted by molar-refractivity contribution is 9.10. The molecule has 0 aliphatic carbocycles. The first-order valence-electron chi connectivity index (χ1n) is 5.39. The molecule has 0 aliphatic heterocycles. The van der Waals surface area contributed by atoms with E-state index in [2.05, 4.69) is 15.9 Å². The number of halogens is 4. The summed E-state index contributed by atoms with van der Waals surface area (Å²) >= 11 is 3.35. The van der Waals surface area contributed by atoms with E-state index in [0.29, 0.717) is 5.75 Å². The topological polar surface area (TPSA) is 18.5 Å². The van der Waals surface area contributed by atoms with Crippen molar-refractivity contribution in [2.45, 2.75) is 25.6 Å². The summed E-state index contributed by atoms with van der Waals surface area (Å²) in [5.41, 5.74) is 0.848. The van der Waals surface area contributed by atoms with Crippen molar-refractivity contribution in [1.29, 1.82) is 0 Å². The van der Waals surface area contributed by atoms with Crippen LogP contribution in [-0.4, -0.2) is 19.9 Å². The van der Waals surface area contributed by atoms with Crippen LogP contribution in [0.2, 0.25) is 0 Å². The fourth-order valence-corrected chi connectivity index (χ4v) is 1.71. The molecule has 1 aromatic rings. The van der Waals surface area contributed by atoms with E-state index in [1.165, 1.54) is 0 Å². The average Bonchev–Trinajstić information content (AvgIpc) is 2.29. The monoisotopic (exact) mass is 326 g/mol. The Kier molecular flexibility index (Phi) is 5.95. The molecule has 1 rings (SSSR count). The maximum absolute atomic E-state index is 11.9. The number of benzene rings is 1. The molecule has 0 amide bonds. The number of ether oxygens (including phenoxy) is 2. The SMILES string of the molecule is COc1ccc(Br)c(COCCCC(F)(F)F)c1. The number of hydrogen-bond donors (Lipinski definition) is 0. The molecule has 0 aromatic heterocycles. The van der Waals surface area contributed by atoms with Gasteiger partial charge >= 0.3 is 6.18 Å². The molecule has 0 bridgehead atoms. The second-order valence-electron chi connectivity index (χ2n) is 3.73. The molecule has 0 saturated heterocycles. The molecule has 0 atom stereocenters. The molecule has 1 aromatic carbocycles. The summed E-state index contributed by atoms with van der Waals surface area (Å²) in [6.45, 7) is 0.346. The van der Waals surface area contributed by atoms with Gasteiger partial charge in [0.25, 0.3) is 0 Å². The third kappa shape index (κ3) is 5.73. The van der Waals surface area contributed by atoms with E-state index in [1.54, 1.807) is 19.2 Å². The lowest BCUT2D eigenvalue weighted by Gasteiger charge is -2.09. The zero-order valence-electron chi connectivity index (χ0n) is 9.89. The zero-order chi connectivity index (χ0) is 13.6. The minimum atomic E-state index is -4.11. The van der Waals surface area contributed by atoms with Gasteiger partial charge in [-0.05, 0) is 30.2 Å². The fourth-order valence-electron chi connectivity index (χ4n) is 1.35. The number of methoxy groups -OCH3 is 1. The van der Waals surface area contributed by atoms with Crippen LogP contribution in [0.1, 0.15) is 18.4 Å². The third-order valence-corrected chi connectivity index (χ3v) is 3.03. The van der Waals surface area contributed by atoms with E-state index in [-0.39, 0.29) is 19.6 Å². The lowest BCUT2D eigenvalue weighted by molar-refractivity contribution is -0.138. The summed E-state index contributed by atoms with van der Waals surface area (Å²) in [4.78, 5) is 0. The van der Waals surface area contributed by atoms with Crippen LogP contribution < -0.4 is 4.74 Å². The van der Waals surface area contributed by atoms with Gasteiger partial charge in [0.15, 0.2) is 0 Å². The number of alkyl halides is 3. The van der Waals surface area contributed by atoms with Crippen LogP contribution >= 0.6 is 15.9 Å². The summed E-state index contributed by atoms with van der Waals surface area (Å²) in [6.07, 6.45) is -4.95. The Morgan fingerprint density at radius 3 is 2.61 bits per heavy atom. The normalized spacial score (nSPS) is 11.6. The van der Waals surface area contributed by atoms with Crippen LogP contribution in [0.3, 0.4) is 0 Å². The van der Waals surface area contributed by atoms with E-state index in [4.69, 9.17) is 9.47 Å². The van der Waals surface area contributed by atoms with Gasteiger partial charge in [0, 0.05) is 17.5 Å². The molecule has 18 heavy (non-hydrogen) atoms. The first-order chi connectivity index (χ1) is 8.42. The summed E-state index contributed by atoms with van der Waals surface area (Å²) in [7, 11) is 1.55. The Balaban J connectivity index is 2.35. The predicted octanol–water partition coefficient (Wildman–Crippen LogP) is 4.32. The molecule has 0 heterocycles. The van der Waals surface area contributed by atoms with E-state index < -0.39 is 12.6 Å². The highest BCUT2D eigenvalue weighted by Gasteiger charge is 2.25. The Labute approximate surface area is 112 Å². The van der Waals surface area contributed by atoms with Gasteiger partial charge in [0.1, 0.15) is 5.75 Å². The maximum atomic E-state index is 11.9. The van der Waals surface area contributed by atoms with Gasteiger partial charge in [-0.25, -0.2) is 0 Å². The Hall–Kier alpha value is -0.750. The van der Waals surface area contributed by atoms with E-state index in [0.717, 1.165) is 10.0 Å². The van der Waals surface area contributed by atoms with Gasteiger partial charge in [-0.2, -0.15) is 13.2 Å². The van der Waals surface area contributed by atoms with Gasteiger partial charge in [-0.1, -0.05) is 15.9 Å². The first kappa shape index (κ1) is 15.3. The summed E-state index contributed by atoms with van der Waals surface area (Å²) in [6, 6.07) is 5.39. The van der Waals surface area contributed by atoms with Crippen molar-refractivity contribution in [1.82, 2.24) is 0 Å². The highest BCUT2D eigenvalue weighted by atomic mass is 79.9. The van der Waals surface area contributed by atoms with Crippen LogP contribution in [0.4, 0.5) is 13.2 Å². The van der Waals surface area contributed by atoms with Crippen molar-refractivity contribution < 1.29 is 22.6 Å². The lowest BCUT2D eigenvalue weighted by atomic mass is 10.2. The van der Waals surface area contributed by atoms with E-state index in [9.17, 15) is 13.2 Å². The molecule has 0 N–H and O–H groups in total. The standard InChI is InChI=1S/C12H14BrF3O2/c1-17-10-3-4-11(13)9(7-10)8-18-6-2-5-12(14,15)16/h3-4,7H,2,5-6,8H2,1H3. The fraction of sp³-hybridized carbons (Fsp3) is 0.500. The summed E-state index contributed by atoms with van der Waals surface area (Å²) in [5, 5.41) is 0. The molecule has 0 aliphatic rings. The minimum Gasteiger partial charge on any atom is -0.497 e. The van der Waals surface area contributed by atoms with Crippen LogP contribution in [0.5, 0.6) is 5.75 Å². The summed E-state index contributed by atoms with van der Waals surface area (Å²) in [5.74, 6) is 0.687. The van der Waals surface area contributed by atoms with Gasteiger partial charge in [-0.3, -0.25) is 0 Å². The molecular weight excluding hydrogens is 313 g/mol. The summed E-state index contributed by atoms with van der Waals surface area (Å²) < 4.78 is 46.8. The molecule has 102 valence electrons. The van der Waals surface area contributed by atoms with Gasteiger partial charge in [0.05, 0.1) is 13.7 Å². The minimum absolute atomic E-state index is 0.0227. The van der Waals surface area contributed by atoms with Crippen molar-refractivity contribution in [2.75, 3.05) is 13.7 Å². The molecular formula is C12H14BrF3O2. The van der Waals surface area contributed by atoms with Crippen molar-refractivity contribution in [2.24, 2.45) is 0 Å². The number of hydrogen-bond acceptors (Lipinski definition) is 2. The predicted molar refractivity (Wildman–Crippen MR) is 65.6 cm³/mol. The van der Waals surface area contributed by atoms with Crippen molar-refractivity contribution in [3.05, 3.63) is 28.2 Å². The molecule has 0 spiro atoms. The third-order valence-electron chi connectivity index (χ3n) is 2.26. The average molecular weight is 327 g/mol. The second kappa shape index (κ2) is 6.99. The lowest BCUT2D eigenvalue weighted by Crippen LogP contribution is -2.08. The van der Waals surface area contributed by atoms with Crippen LogP contribution in [-0.2, 0) is 11.3 Å². The van der Waals surface area contributed by atoms with Crippen LogP contribution in [0, 0.1) is 0 Å². The maximum Gasteiger partial charge on any atom is 0.389 e. The Morgan fingerprint density at radius 1 is 1.28 bits per heavy atom. The first-order valence-corrected chi connectivity index (χ1v) is 6.18. The Bertz CT molecular complexity index is 380. The van der Waals surface area contributed by atoms with Crippen molar-refractivity contribution in [3.8, 4) is 5.75 Å². The molecule has 0 saturated carbocycles. The van der Waals surface area contributed by atoms with Crippen molar-refractivity contribution >= 4 is 15.9 Å². The second-order valence-corrected chi connectivity index (χ2v) is 4.58. The van der Waals surface area contributed by atoms with E-state index in [1.807, 2.05) is 6.07 Å². The van der Waals surface area contributed by atoms with Gasteiger partial charge in [-0.15, -0.1) is 0 Å². The highest BCUT2D eigenvalue weighted by Crippen LogP contribution is 2.24. The molecule has 0 fully saturated rings. The molecule has 2 nitrogen and oxygen atoms in total. The largest absolute Gasteiger partial charge is 0.497 e. The molecule has 0 unspecified atom stereocenters. The zero-order valence-corrected chi connectivity index (χ0v) is 11.5. The Morgan fingerprint density at radius 2 is 2.00 bits per heavy atom.